The van der Waals surface area contributed by atoms with Crippen molar-refractivity contribution < 1.29 is 14.2 Å². The summed E-state index contributed by atoms with van der Waals surface area (Å²) in [6, 6.07) is 11.0. The summed E-state index contributed by atoms with van der Waals surface area (Å²) < 4.78 is 19.0. The molecule has 0 bridgehead atoms. The minimum Gasteiger partial charge on any atom is -0.496 e. The second kappa shape index (κ2) is 9.82. The highest BCUT2D eigenvalue weighted by atomic mass is 16.5. The van der Waals surface area contributed by atoms with Crippen LogP contribution in [-0.2, 0) is 11.3 Å². The number of methoxy groups -OCH3 is 2. The van der Waals surface area contributed by atoms with Crippen molar-refractivity contribution in [1.29, 1.82) is 0 Å². The molecule has 0 amide bonds. The summed E-state index contributed by atoms with van der Waals surface area (Å²) in [5.74, 6) is 2.06. The maximum Gasteiger partial charge on any atom is 0.255 e. The van der Waals surface area contributed by atoms with E-state index in [1.807, 2.05) is 30.3 Å². The molecule has 0 N–H and O–H groups in total. The van der Waals surface area contributed by atoms with Crippen molar-refractivity contribution in [2.45, 2.75) is 26.0 Å². The first-order valence-corrected chi connectivity index (χ1v) is 10.8. The van der Waals surface area contributed by atoms with Crippen molar-refractivity contribution in [1.82, 2.24) is 14.5 Å². The first kappa shape index (κ1) is 21.8. The molecule has 1 saturated heterocycles. The number of rotatable bonds is 7. The number of hydrogen-bond acceptors (Lipinski definition) is 7. The van der Waals surface area contributed by atoms with E-state index in [0.717, 1.165) is 17.5 Å². The topological polar surface area (TPSA) is 78.7 Å². The minimum absolute atomic E-state index is 0.0680. The third-order valence-corrected chi connectivity index (χ3v) is 5.55. The number of aromatic nitrogens is 3. The molecule has 4 rings (SSSR count). The molecule has 1 aliphatic heterocycles. The SMILES string of the molecule is CCCn1c(N2CCOC(c3c(OC)cccc3OC)C2)nc(-c2ccncc2)cc1=O. The van der Waals surface area contributed by atoms with Gasteiger partial charge in [-0.15, -0.1) is 0 Å². The molecule has 168 valence electrons. The second-order valence-corrected chi connectivity index (χ2v) is 7.55. The molecule has 0 saturated carbocycles. The van der Waals surface area contributed by atoms with Crippen molar-refractivity contribution >= 4 is 5.95 Å². The molecule has 32 heavy (non-hydrogen) atoms. The van der Waals surface area contributed by atoms with Crippen LogP contribution < -0.4 is 19.9 Å². The standard InChI is InChI=1S/C24H28N4O4/c1-4-12-28-22(29)15-18(17-8-10-25-11-9-17)26-24(28)27-13-14-32-21(16-27)23-19(30-2)6-5-7-20(23)31-3/h5-11,15,21H,4,12-14,16H2,1-3H3. The zero-order valence-corrected chi connectivity index (χ0v) is 18.7. The fourth-order valence-corrected chi connectivity index (χ4v) is 4.04. The monoisotopic (exact) mass is 436 g/mol. The lowest BCUT2D eigenvalue weighted by atomic mass is 10.0. The van der Waals surface area contributed by atoms with Gasteiger partial charge in [0, 0.05) is 37.1 Å². The number of pyridine rings is 1. The zero-order chi connectivity index (χ0) is 22.5. The van der Waals surface area contributed by atoms with Gasteiger partial charge in [-0.2, -0.15) is 0 Å². The van der Waals surface area contributed by atoms with Crippen LogP contribution in [0.15, 0.2) is 53.6 Å². The third kappa shape index (κ3) is 4.31. The van der Waals surface area contributed by atoms with Crippen LogP contribution in [0, 0.1) is 0 Å². The molecule has 1 unspecified atom stereocenters. The first-order chi connectivity index (χ1) is 15.7. The van der Waals surface area contributed by atoms with Gasteiger partial charge >= 0.3 is 0 Å². The summed E-state index contributed by atoms with van der Waals surface area (Å²) in [6.45, 7) is 4.29. The van der Waals surface area contributed by atoms with E-state index in [1.54, 1.807) is 37.2 Å². The fraction of sp³-hybridized carbons (Fsp3) is 0.375. The molecule has 2 aromatic heterocycles. The quantitative estimate of drug-likeness (QED) is 0.562. The molecule has 3 aromatic rings. The van der Waals surface area contributed by atoms with Gasteiger partial charge in [0.05, 0.1) is 38.6 Å². The lowest BCUT2D eigenvalue weighted by molar-refractivity contribution is 0.0358. The largest absolute Gasteiger partial charge is 0.496 e. The van der Waals surface area contributed by atoms with E-state index in [1.165, 1.54) is 0 Å². The molecule has 1 aliphatic rings. The van der Waals surface area contributed by atoms with Crippen LogP contribution >= 0.6 is 0 Å². The molecule has 0 spiro atoms. The normalized spacial score (nSPS) is 16.1. The Hall–Kier alpha value is -3.39. The second-order valence-electron chi connectivity index (χ2n) is 7.55. The maximum absolute atomic E-state index is 13.0. The predicted molar refractivity (Wildman–Crippen MR) is 122 cm³/mol. The highest BCUT2D eigenvalue weighted by Gasteiger charge is 2.30. The average molecular weight is 437 g/mol. The van der Waals surface area contributed by atoms with E-state index in [2.05, 4.69) is 16.8 Å². The van der Waals surface area contributed by atoms with Crippen LogP contribution in [0.4, 0.5) is 5.95 Å². The lowest BCUT2D eigenvalue weighted by Crippen LogP contribution is -2.42. The lowest BCUT2D eigenvalue weighted by Gasteiger charge is -2.35. The van der Waals surface area contributed by atoms with Gasteiger partial charge in [-0.3, -0.25) is 14.3 Å². The van der Waals surface area contributed by atoms with Gasteiger partial charge in [-0.05, 0) is 30.7 Å². The molecule has 1 fully saturated rings. The van der Waals surface area contributed by atoms with Gasteiger partial charge in [0.15, 0.2) is 0 Å². The van der Waals surface area contributed by atoms with Gasteiger partial charge in [-0.25, -0.2) is 4.98 Å². The third-order valence-electron chi connectivity index (χ3n) is 5.55. The van der Waals surface area contributed by atoms with E-state index in [-0.39, 0.29) is 11.7 Å². The Balaban J connectivity index is 1.75. The van der Waals surface area contributed by atoms with Crippen LogP contribution in [0.1, 0.15) is 25.0 Å². The Morgan fingerprint density at radius 3 is 2.50 bits per heavy atom. The predicted octanol–water partition coefficient (Wildman–Crippen LogP) is 3.31. The molecule has 1 atom stereocenters. The molecule has 0 radical (unpaired) electrons. The van der Waals surface area contributed by atoms with Gasteiger partial charge in [0.2, 0.25) is 5.95 Å². The van der Waals surface area contributed by atoms with Crippen LogP contribution in [0.3, 0.4) is 0 Å². The first-order valence-electron chi connectivity index (χ1n) is 10.8. The smallest absolute Gasteiger partial charge is 0.255 e. The summed E-state index contributed by atoms with van der Waals surface area (Å²) >= 11 is 0. The van der Waals surface area contributed by atoms with Crippen LogP contribution in [0.2, 0.25) is 0 Å². The Morgan fingerprint density at radius 1 is 1.12 bits per heavy atom. The minimum atomic E-state index is -0.286. The molecule has 8 heteroatoms. The number of morpholine rings is 1. The van der Waals surface area contributed by atoms with Crippen molar-refractivity contribution in [3.8, 4) is 22.8 Å². The molecule has 3 heterocycles. The number of ether oxygens (including phenoxy) is 3. The Kier molecular flexibility index (Phi) is 6.70. The Labute approximate surface area is 187 Å². The van der Waals surface area contributed by atoms with Gasteiger partial charge < -0.3 is 19.1 Å². The maximum atomic E-state index is 13.0. The highest BCUT2D eigenvalue weighted by Crippen LogP contribution is 2.38. The van der Waals surface area contributed by atoms with Gasteiger partial charge in [-0.1, -0.05) is 13.0 Å². The number of nitrogens with zero attached hydrogens (tertiary/aromatic N) is 4. The van der Waals surface area contributed by atoms with Crippen molar-refractivity contribution in [3.05, 3.63) is 64.7 Å². The molecule has 8 nitrogen and oxygen atoms in total. The Morgan fingerprint density at radius 2 is 1.84 bits per heavy atom. The van der Waals surface area contributed by atoms with E-state index >= 15 is 0 Å². The summed E-state index contributed by atoms with van der Waals surface area (Å²) in [7, 11) is 3.27. The van der Waals surface area contributed by atoms with Gasteiger partial charge in [0.1, 0.15) is 17.6 Å². The summed E-state index contributed by atoms with van der Waals surface area (Å²) in [5.41, 5.74) is 2.29. The van der Waals surface area contributed by atoms with Crippen LogP contribution in [0.5, 0.6) is 11.5 Å². The van der Waals surface area contributed by atoms with E-state index in [9.17, 15) is 4.79 Å². The van der Waals surface area contributed by atoms with Crippen molar-refractivity contribution in [2.24, 2.45) is 0 Å². The van der Waals surface area contributed by atoms with Crippen molar-refractivity contribution in [2.75, 3.05) is 38.8 Å². The fourth-order valence-electron chi connectivity index (χ4n) is 4.04. The van der Waals surface area contributed by atoms with E-state index < -0.39 is 0 Å². The summed E-state index contributed by atoms with van der Waals surface area (Å²) in [5, 5.41) is 0. The number of benzene rings is 1. The highest BCUT2D eigenvalue weighted by molar-refractivity contribution is 5.59. The number of hydrogen-bond donors (Lipinski definition) is 0. The van der Waals surface area contributed by atoms with E-state index in [0.29, 0.717) is 49.4 Å². The molecular formula is C24H28N4O4. The Bertz CT molecular complexity index is 1090. The van der Waals surface area contributed by atoms with Crippen molar-refractivity contribution in [3.63, 3.8) is 0 Å². The molecule has 0 aliphatic carbocycles. The molecular weight excluding hydrogens is 408 g/mol. The summed E-state index contributed by atoms with van der Waals surface area (Å²) in [4.78, 5) is 24.1. The summed E-state index contributed by atoms with van der Waals surface area (Å²) in [6.07, 6.45) is 3.95. The van der Waals surface area contributed by atoms with Crippen LogP contribution in [0.25, 0.3) is 11.3 Å². The van der Waals surface area contributed by atoms with E-state index in [4.69, 9.17) is 19.2 Å². The zero-order valence-electron chi connectivity index (χ0n) is 18.7. The molecule has 1 aromatic carbocycles. The van der Waals surface area contributed by atoms with Gasteiger partial charge in [0.25, 0.3) is 5.56 Å². The average Bonchev–Trinajstić information content (AvgIpc) is 2.85. The van der Waals surface area contributed by atoms with Crippen LogP contribution in [-0.4, -0.2) is 48.5 Å². The number of anilines is 1.